The van der Waals surface area contributed by atoms with Crippen LogP contribution in [0.25, 0.3) is 10.4 Å². The minimum Gasteiger partial charge on any atom is -0.465 e. The zero-order valence-corrected chi connectivity index (χ0v) is 11.1. The van der Waals surface area contributed by atoms with Crippen LogP contribution in [0.5, 0.6) is 0 Å². The van der Waals surface area contributed by atoms with Gasteiger partial charge in [0.25, 0.3) is 0 Å². The molecule has 17 heavy (non-hydrogen) atoms. The van der Waals surface area contributed by atoms with Gasteiger partial charge in [-0.15, -0.1) is 0 Å². The van der Waals surface area contributed by atoms with Crippen LogP contribution >= 0.6 is 0 Å². The van der Waals surface area contributed by atoms with Crippen LogP contribution in [0.1, 0.15) is 34.1 Å². The molecule has 0 aliphatic carbocycles. The molecule has 0 aromatic carbocycles. The molecule has 0 rings (SSSR count). The van der Waals surface area contributed by atoms with Crippen molar-refractivity contribution in [2.75, 3.05) is 19.7 Å². The summed E-state index contributed by atoms with van der Waals surface area (Å²) in [4.78, 5) is 14.4. The first-order valence-electron chi connectivity index (χ1n) is 5.84. The van der Waals surface area contributed by atoms with Gasteiger partial charge >= 0.3 is 5.97 Å². The predicted octanol–water partition coefficient (Wildman–Crippen LogP) is 2.25. The zero-order valence-electron chi connectivity index (χ0n) is 11.1. The Balaban J connectivity index is 4.21. The van der Waals surface area contributed by atoms with Crippen molar-refractivity contribution < 1.29 is 9.53 Å². The van der Waals surface area contributed by atoms with Gasteiger partial charge in [-0.2, -0.15) is 0 Å². The summed E-state index contributed by atoms with van der Waals surface area (Å²) in [6.07, 6.45) is 0.704. The lowest BCUT2D eigenvalue weighted by atomic mass is 9.86. The van der Waals surface area contributed by atoms with Crippen LogP contribution in [0, 0.1) is 5.41 Å². The number of nitrogens with zero attached hydrogens (tertiary/aromatic N) is 3. The lowest BCUT2D eigenvalue weighted by Gasteiger charge is -2.29. The molecule has 0 aromatic rings. The molecule has 6 heteroatoms. The molecule has 0 aromatic heterocycles. The van der Waals surface area contributed by atoms with Crippen molar-refractivity contribution in [3.8, 4) is 0 Å². The van der Waals surface area contributed by atoms with E-state index in [9.17, 15) is 4.79 Å². The summed E-state index contributed by atoms with van der Waals surface area (Å²) in [6.45, 7) is 9.17. The molecule has 0 heterocycles. The Labute approximate surface area is 102 Å². The number of carbonyl (C=O) groups excluding carboxylic acids is 1. The van der Waals surface area contributed by atoms with Crippen molar-refractivity contribution in [3.63, 3.8) is 0 Å². The number of hydrogen-bond donors (Lipinski definition) is 1. The second-order valence-corrected chi connectivity index (χ2v) is 4.81. The maximum Gasteiger partial charge on any atom is 0.323 e. The fourth-order valence-corrected chi connectivity index (χ4v) is 1.41. The topological polar surface area (TPSA) is 87.1 Å². The standard InChI is InChI=1S/C11H22N4O2/c1-5-17-10(16)9(11(2,3)4)13-7-6-8-14-15-12/h9,13H,5-8H2,1-4H3. The molecule has 98 valence electrons. The third-order valence-corrected chi connectivity index (χ3v) is 2.23. The Morgan fingerprint density at radius 1 is 1.53 bits per heavy atom. The fourth-order valence-electron chi connectivity index (χ4n) is 1.41. The summed E-state index contributed by atoms with van der Waals surface area (Å²) in [5, 5.41) is 6.58. The molecule has 0 radical (unpaired) electrons. The Hall–Kier alpha value is -1.26. The first-order valence-corrected chi connectivity index (χ1v) is 5.84. The normalized spacial score (nSPS) is 12.7. The van der Waals surface area contributed by atoms with Crippen LogP contribution in [-0.4, -0.2) is 31.7 Å². The van der Waals surface area contributed by atoms with E-state index in [2.05, 4.69) is 15.3 Å². The third kappa shape index (κ3) is 6.81. The molecule has 1 atom stereocenters. The van der Waals surface area contributed by atoms with E-state index in [1.54, 1.807) is 6.92 Å². The van der Waals surface area contributed by atoms with Crippen LogP contribution in [0.2, 0.25) is 0 Å². The van der Waals surface area contributed by atoms with Crippen LogP contribution in [0.3, 0.4) is 0 Å². The highest BCUT2D eigenvalue weighted by molar-refractivity contribution is 5.76. The number of carbonyl (C=O) groups is 1. The van der Waals surface area contributed by atoms with Gasteiger partial charge in [-0.25, -0.2) is 0 Å². The summed E-state index contributed by atoms with van der Waals surface area (Å²) < 4.78 is 5.03. The zero-order chi connectivity index (χ0) is 13.3. The molecule has 1 N–H and O–H groups in total. The van der Waals surface area contributed by atoms with Crippen LogP contribution in [0.4, 0.5) is 0 Å². The molecular weight excluding hydrogens is 220 g/mol. The number of rotatable bonds is 7. The van der Waals surface area contributed by atoms with Crippen molar-refractivity contribution in [2.45, 2.75) is 40.2 Å². The summed E-state index contributed by atoms with van der Waals surface area (Å²) in [5.41, 5.74) is 7.92. The summed E-state index contributed by atoms with van der Waals surface area (Å²) in [5.74, 6) is -0.233. The van der Waals surface area contributed by atoms with Gasteiger partial charge in [0, 0.05) is 11.5 Å². The largest absolute Gasteiger partial charge is 0.465 e. The van der Waals surface area contributed by atoms with E-state index in [0.717, 1.165) is 0 Å². The van der Waals surface area contributed by atoms with Gasteiger partial charge in [0.2, 0.25) is 0 Å². The van der Waals surface area contributed by atoms with Crippen LogP contribution < -0.4 is 5.32 Å². The molecule has 0 amide bonds. The molecule has 6 nitrogen and oxygen atoms in total. The second-order valence-electron chi connectivity index (χ2n) is 4.81. The minimum absolute atomic E-state index is 0.204. The SMILES string of the molecule is CCOC(=O)C(NCCCN=[N+]=[N-])C(C)(C)C. The third-order valence-electron chi connectivity index (χ3n) is 2.23. The van der Waals surface area contributed by atoms with Crippen molar-refractivity contribution in [1.82, 2.24) is 5.32 Å². The number of azide groups is 1. The van der Waals surface area contributed by atoms with E-state index in [0.29, 0.717) is 26.1 Å². The minimum atomic E-state index is -0.339. The average Bonchev–Trinajstić information content (AvgIpc) is 2.21. The van der Waals surface area contributed by atoms with E-state index in [1.165, 1.54) is 0 Å². The van der Waals surface area contributed by atoms with Crippen LogP contribution in [-0.2, 0) is 9.53 Å². The summed E-state index contributed by atoms with van der Waals surface area (Å²) in [6, 6.07) is -0.339. The van der Waals surface area contributed by atoms with E-state index < -0.39 is 0 Å². The maximum atomic E-state index is 11.7. The van der Waals surface area contributed by atoms with Gasteiger partial charge < -0.3 is 10.1 Å². The maximum absolute atomic E-state index is 11.7. The second kappa shape index (κ2) is 7.92. The highest BCUT2D eigenvalue weighted by Gasteiger charge is 2.31. The first-order chi connectivity index (χ1) is 7.93. The number of esters is 1. The average molecular weight is 242 g/mol. The van der Waals surface area contributed by atoms with E-state index in [4.69, 9.17) is 10.3 Å². The van der Waals surface area contributed by atoms with Gasteiger partial charge in [0.1, 0.15) is 6.04 Å². The molecule has 0 fully saturated rings. The van der Waals surface area contributed by atoms with E-state index in [1.807, 2.05) is 20.8 Å². The van der Waals surface area contributed by atoms with E-state index >= 15 is 0 Å². The molecule has 0 saturated carbocycles. The molecule has 0 saturated heterocycles. The van der Waals surface area contributed by atoms with Crippen LogP contribution in [0.15, 0.2) is 5.11 Å². The molecular formula is C11H22N4O2. The quantitative estimate of drug-likeness (QED) is 0.244. The monoisotopic (exact) mass is 242 g/mol. The number of nitrogens with one attached hydrogen (secondary N) is 1. The summed E-state index contributed by atoms with van der Waals surface area (Å²) in [7, 11) is 0. The van der Waals surface area contributed by atoms with Gasteiger partial charge in [0.15, 0.2) is 0 Å². The Morgan fingerprint density at radius 3 is 2.65 bits per heavy atom. The van der Waals surface area contributed by atoms with Gasteiger partial charge in [-0.05, 0) is 30.8 Å². The highest BCUT2D eigenvalue weighted by Crippen LogP contribution is 2.20. The Bertz CT molecular complexity index is 280. The molecule has 0 aliphatic rings. The number of ether oxygens (including phenoxy) is 1. The highest BCUT2D eigenvalue weighted by atomic mass is 16.5. The van der Waals surface area contributed by atoms with Crippen molar-refractivity contribution in [3.05, 3.63) is 10.4 Å². The summed E-state index contributed by atoms with van der Waals surface area (Å²) >= 11 is 0. The molecule has 0 spiro atoms. The lowest BCUT2D eigenvalue weighted by Crippen LogP contribution is -2.47. The van der Waals surface area contributed by atoms with Gasteiger partial charge in [0.05, 0.1) is 6.61 Å². The van der Waals surface area contributed by atoms with Gasteiger partial charge in [-0.1, -0.05) is 25.9 Å². The smallest absolute Gasteiger partial charge is 0.323 e. The molecule has 1 unspecified atom stereocenters. The molecule has 0 aliphatic heterocycles. The fraction of sp³-hybridized carbons (Fsp3) is 0.909. The van der Waals surface area contributed by atoms with Gasteiger partial charge in [-0.3, -0.25) is 4.79 Å². The van der Waals surface area contributed by atoms with Crippen molar-refractivity contribution in [2.24, 2.45) is 10.5 Å². The van der Waals surface area contributed by atoms with Crippen molar-refractivity contribution >= 4 is 5.97 Å². The number of hydrogen-bond acceptors (Lipinski definition) is 4. The Morgan fingerprint density at radius 2 is 2.18 bits per heavy atom. The predicted molar refractivity (Wildman–Crippen MR) is 66.5 cm³/mol. The van der Waals surface area contributed by atoms with E-state index in [-0.39, 0.29) is 17.4 Å². The molecule has 0 bridgehead atoms. The first kappa shape index (κ1) is 15.7. The van der Waals surface area contributed by atoms with Crippen molar-refractivity contribution in [1.29, 1.82) is 0 Å². The lowest BCUT2D eigenvalue weighted by molar-refractivity contribution is -0.148. The Kier molecular flexibility index (Phi) is 7.34.